The molecular formula is C13H11BrClN3. The van der Waals surface area contributed by atoms with Crippen LogP contribution in [0.2, 0.25) is 5.15 Å². The first kappa shape index (κ1) is 13.1. The molecule has 92 valence electrons. The van der Waals surface area contributed by atoms with E-state index < -0.39 is 0 Å². The maximum Gasteiger partial charge on any atom is 0.137 e. The summed E-state index contributed by atoms with van der Waals surface area (Å²) >= 11 is 9.73. The molecule has 0 fully saturated rings. The maximum absolute atomic E-state index is 8.78. The van der Waals surface area contributed by atoms with E-state index in [1.807, 2.05) is 32.0 Å². The first-order chi connectivity index (χ1) is 8.54. The highest BCUT2D eigenvalue weighted by Crippen LogP contribution is 2.26. The fourth-order valence-corrected chi connectivity index (χ4v) is 2.33. The Kier molecular flexibility index (Phi) is 3.74. The van der Waals surface area contributed by atoms with Crippen LogP contribution in [0.3, 0.4) is 0 Å². The first-order valence-corrected chi connectivity index (χ1v) is 6.59. The average Bonchev–Trinajstić information content (AvgIpc) is 2.61. The van der Waals surface area contributed by atoms with E-state index in [2.05, 4.69) is 27.1 Å². The monoisotopic (exact) mass is 323 g/mol. The highest BCUT2D eigenvalue weighted by molar-refractivity contribution is 9.10. The molecule has 0 atom stereocenters. The number of hydrogen-bond acceptors (Lipinski definition) is 2. The van der Waals surface area contributed by atoms with E-state index in [1.54, 1.807) is 4.68 Å². The van der Waals surface area contributed by atoms with Gasteiger partial charge in [0.1, 0.15) is 5.15 Å². The second-order valence-corrected chi connectivity index (χ2v) is 5.25. The predicted octanol–water partition coefficient (Wildman–Crippen LogP) is 3.97. The van der Waals surface area contributed by atoms with Gasteiger partial charge in [0.05, 0.1) is 23.9 Å². The van der Waals surface area contributed by atoms with E-state index in [1.165, 1.54) is 0 Å². The van der Waals surface area contributed by atoms with Gasteiger partial charge in [-0.3, -0.25) is 0 Å². The Labute approximate surface area is 119 Å². The number of halogens is 2. The van der Waals surface area contributed by atoms with Crippen LogP contribution in [-0.2, 0) is 6.42 Å². The molecule has 18 heavy (non-hydrogen) atoms. The van der Waals surface area contributed by atoms with Gasteiger partial charge in [0.25, 0.3) is 0 Å². The Bertz CT molecular complexity index is 640. The first-order valence-electron chi connectivity index (χ1n) is 5.42. The second kappa shape index (κ2) is 5.13. The van der Waals surface area contributed by atoms with E-state index in [9.17, 15) is 0 Å². The Morgan fingerprint density at radius 2 is 2.17 bits per heavy atom. The molecule has 0 spiro atoms. The minimum absolute atomic E-state index is 0.278. The van der Waals surface area contributed by atoms with Gasteiger partial charge in [-0.15, -0.1) is 0 Å². The number of aryl methyl sites for hydroxylation is 2. The Morgan fingerprint density at radius 1 is 1.44 bits per heavy atom. The molecule has 0 saturated carbocycles. The predicted molar refractivity (Wildman–Crippen MR) is 75.1 cm³/mol. The van der Waals surface area contributed by atoms with Crippen LogP contribution in [-0.4, -0.2) is 9.78 Å². The normalized spacial score (nSPS) is 10.4. The number of hydrogen-bond donors (Lipinski definition) is 0. The molecule has 0 unspecified atom stereocenters. The van der Waals surface area contributed by atoms with Gasteiger partial charge < -0.3 is 0 Å². The van der Waals surface area contributed by atoms with Crippen molar-refractivity contribution < 1.29 is 0 Å². The third kappa shape index (κ3) is 2.29. The minimum Gasteiger partial charge on any atom is -0.222 e. The van der Waals surface area contributed by atoms with Crippen LogP contribution >= 0.6 is 27.5 Å². The molecule has 0 saturated heterocycles. The van der Waals surface area contributed by atoms with Gasteiger partial charge in [0.2, 0.25) is 0 Å². The SMILES string of the molecule is Cc1cc(-n2nc(C)c(CC#N)c2Cl)ccc1Br. The summed E-state index contributed by atoms with van der Waals surface area (Å²) in [5.41, 5.74) is 3.59. The van der Waals surface area contributed by atoms with Crippen LogP contribution in [0.25, 0.3) is 5.69 Å². The third-order valence-corrected chi connectivity index (χ3v) is 4.04. The van der Waals surface area contributed by atoms with Crippen molar-refractivity contribution >= 4 is 27.5 Å². The third-order valence-electron chi connectivity index (χ3n) is 2.76. The quantitative estimate of drug-likeness (QED) is 0.838. The molecule has 1 aromatic carbocycles. The van der Waals surface area contributed by atoms with Crippen molar-refractivity contribution in [3.63, 3.8) is 0 Å². The highest BCUT2D eigenvalue weighted by atomic mass is 79.9. The lowest BCUT2D eigenvalue weighted by Crippen LogP contribution is -1.97. The van der Waals surface area contributed by atoms with E-state index in [4.69, 9.17) is 16.9 Å². The van der Waals surface area contributed by atoms with E-state index in [0.717, 1.165) is 27.0 Å². The van der Waals surface area contributed by atoms with Crippen LogP contribution in [0.4, 0.5) is 0 Å². The molecular weight excluding hydrogens is 314 g/mol. The van der Waals surface area contributed by atoms with Crippen molar-refractivity contribution in [1.82, 2.24) is 9.78 Å². The van der Waals surface area contributed by atoms with Crippen molar-refractivity contribution in [2.75, 3.05) is 0 Å². The standard InChI is InChI=1S/C13H11BrClN3/c1-8-7-10(3-4-12(8)14)18-13(15)11(5-6-16)9(2)17-18/h3-4,7H,5H2,1-2H3. The summed E-state index contributed by atoms with van der Waals surface area (Å²) in [5.74, 6) is 0. The summed E-state index contributed by atoms with van der Waals surface area (Å²) in [7, 11) is 0. The van der Waals surface area contributed by atoms with Gasteiger partial charge in [-0.05, 0) is 37.6 Å². The number of nitriles is 1. The molecule has 0 aliphatic rings. The minimum atomic E-state index is 0.278. The smallest absolute Gasteiger partial charge is 0.137 e. The summed E-state index contributed by atoms with van der Waals surface area (Å²) in [4.78, 5) is 0. The van der Waals surface area contributed by atoms with Gasteiger partial charge in [-0.1, -0.05) is 27.5 Å². The van der Waals surface area contributed by atoms with Crippen molar-refractivity contribution in [1.29, 1.82) is 5.26 Å². The molecule has 5 heteroatoms. The zero-order valence-corrected chi connectivity index (χ0v) is 12.4. The molecule has 0 radical (unpaired) electrons. The molecule has 0 bridgehead atoms. The van der Waals surface area contributed by atoms with Crippen LogP contribution in [0.15, 0.2) is 22.7 Å². The maximum atomic E-state index is 8.78. The van der Waals surface area contributed by atoms with Crippen molar-refractivity contribution in [2.24, 2.45) is 0 Å². The molecule has 0 N–H and O–H groups in total. The summed E-state index contributed by atoms with van der Waals surface area (Å²) in [6, 6.07) is 8.00. The molecule has 2 rings (SSSR count). The van der Waals surface area contributed by atoms with Crippen LogP contribution in [0.5, 0.6) is 0 Å². The lowest BCUT2D eigenvalue weighted by atomic mass is 10.2. The van der Waals surface area contributed by atoms with Gasteiger partial charge in [0.15, 0.2) is 0 Å². The largest absolute Gasteiger partial charge is 0.222 e. The zero-order valence-electron chi connectivity index (χ0n) is 10.0. The summed E-state index contributed by atoms with van der Waals surface area (Å²) in [6.45, 7) is 3.87. The molecule has 0 amide bonds. The van der Waals surface area contributed by atoms with Crippen LogP contribution in [0.1, 0.15) is 16.8 Å². The number of benzene rings is 1. The van der Waals surface area contributed by atoms with Crippen molar-refractivity contribution in [3.8, 4) is 11.8 Å². The van der Waals surface area contributed by atoms with Crippen LogP contribution in [0, 0.1) is 25.2 Å². The zero-order chi connectivity index (χ0) is 13.3. The fourth-order valence-electron chi connectivity index (χ4n) is 1.74. The molecule has 1 heterocycles. The molecule has 0 aliphatic heterocycles. The van der Waals surface area contributed by atoms with Gasteiger partial charge in [-0.2, -0.15) is 10.4 Å². The lowest BCUT2D eigenvalue weighted by Gasteiger charge is -2.05. The Hall–Kier alpha value is -1.31. The summed E-state index contributed by atoms with van der Waals surface area (Å²) < 4.78 is 2.71. The van der Waals surface area contributed by atoms with Crippen LogP contribution < -0.4 is 0 Å². The van der Waals surface area contributed by atoms with Crippen molar-refractivity contribution in [2.45, 2.75) is 20.3 Å². The average molecular weight is 325 g/mol. The fraction of sp³-hybridized carbons (Fsp3) is 0.231. The summed E-state index contributed by atoms with van der Waals surface area (Å²) in [6.07, 6.45) is 0.278. The van der Waals surface area contributed by atoms with Crippen molar-refractivity contribution in [3.05, 3.63) is 44.6 Å². The van der Waals surface area contributed by atoms with E-state index >= 15 is 0 Å². The highest BCUT2D eigenvalue weighted by Gasteiger charge is 2.14. The van der Waals surface area contributed by atoms with Gasteiger partial charge in [-0.25, -0.2) is 4.68 Å². The summed E-state index contributed by atoms with van der Waals surface area (Å²) in [5, 5.41) is 13.7. The van der Waals surface area contributed by atoms with E-state index in [-0.39, 0.29) is 6.42 Å². The molecule has 0 aliphatic carbocycles. The van der Waals surface area contributed by atoms with E-state index in [0.29, 0.717) is 5.15 Å². The second-order valence-electron chi connectivity index (χ2n) is 4.03. The van der Waals surface area contributed by atoms with Gasteiger partial charge >= 0.3 is 0 Å². The molecule has 3 nitrogen and oxygen atoms in total. The molecule has 1 aromatic heterocycles. The number of nitrogens with zero attached hydrogens (tertiary/aromatic N) is 3. The van der Waals surface area contributed by atoms with Gasteiger partial charge in [0, 0.05) is 10.0 Å². The Balaban J connectivity index is 2.55. The topological polar surface area (TPSA) is 41.6 Å². The number of rotatable bonds is 2. The number of aromatic nitrogens is 2. The molecule has 2 aromatic rings. The Morgan fingerprint density at radius 3 is 2.78 bits per heavy atom. The lowest BCUT2D eigenvalue weighted by molar-refractivity contribution is 0.862.